The van der Waals surface area contributed by atoms with E-state index in [2.05, 4.69) is 5.32 Å². The van der Waals surface area contributed by atoms with Crippen molar-refractivity contribution in [2.24, 2.45) is 0 Å². The van der Waals surface area contributed by atoms with Crippen molar-refractivity contribution in [1.82, 2.24) is 0 Å². The van der Waals surface area contributed by atoms with Gasteiger partial charge < -0.3 is 22.3 Å². The van der Waals surface area contributed by atoms with Gasteiger partial charge in [0.05, 0.1) is 6.54 Å². The topological polar surface area (TPSA) is 29.1 Å². The van der Waals surface area contributed by atoms with Crippen LogP contribution in [0.3, 0.4) is 0 Å². The Morgan fingerprint density at radius 3 is 2.22 bits per heavy atom. The van der Waals surface area contributed by atoms with Crippen LogP contribution in [-0.4, -0.2) is 12.3 Å². The largest absolute Gasteiger partial charge is 1.00 e. The van der Waals surface area contributed by atoms with Crippen molar-refractivity contribution in [3.05, 3.63) is 66.0 Å². The fourth-order valence-electron chi connectivity index (χ4n) is 1.48. The summed E-state index contributed by atoms with van der Waals surface area (Å²) < 4.78 is 12.7. The number of halogens is 2. The standard InChI is InChI=1S/C14H12FNO.BrH/c15-12-6-8-13(9-7-12)16-10-14(17)11-4-2-1-3-5-11;/h1-9,16H,10H2;1H/p-1. The number of ketones is 1. The molecule has 0 saturated carbocycles. The highest BCUT2D eigenvalue weighted by molar-refractivity contribution is 5.98. The van der Waals surface area contributed by atoms with E-state index in [1.165, 1.54) is 12.1 Å². The third-order valence-electron chi connectivity index (χ3n) is 2.39. The fourth-order valence-corrected chi connectivity index (χ4v) is 1.48. The van der Waals surface area contributed by atoms with E-state index in [-0.39, 0.29) is 35.1 Å². The van der Waals surface area contributed by atoms with E-state index in [9.17, 15) is 9.18 Å². The SMILES string of the molecule is O=C(CNc1ccc(F)cc1)c1ccccc1.[Br-]. The van der Waals surface area contributed by atoms with E-state index < -0.39 is 0 Å². The minimum absolute atomic E-state index is 0. The number of carbonyl (C=O) groups excluding carboxylic acids is 1. The van der Waals surface area contributed by atoms with Gasteiger partial charge in [0.2, 0.25) is 0 Å². The normalized spacial score (nSPS) is 9.39. The molecule has 2 rings (SSSR count). The first kappa shape index (κ1) is 14.4. The minimum atomic E-state index is -0.287. The van der Waals surface area contributed by atoms with Gasteiger partial charge in [-0.2, -0.15) is 0 Å². The summed E-state index contributed by atoms with van der Waals surface area (Å²) in [6, 6.07) is 15.0. The Bertz CT molecular complexity index is 499. The van der Waals surface area contributed by atoms with E-state index in [4.69, 9.17) is 0 Å². The zero-order valence-electron chi connectivity index (χ0n) is 9.57. The number of benzene rings is 2. The van der Waals surface area contributed by atoms with Crippen molar-refractivity contribution in [3.8, 4) is 0 Å². The summed E-state index contributed by atoms with van der Waals surface area (Å²) in [4.78, 5) is 11.7. The van der Waals surface area contributed by atoms with Crippen LogP contribution < -0.4 is 22.3 Å². The second-order valence-corrected chi connectivity index (χ2v) is 3.65. The van der Waals surface area contributed by atoms with Gasteiger partial charge in [-0.05, 0) is 24.3 Å². The Morgan fingerprint density at radius 2 is 1.61 bits per heavy atom. The van der Waals surface area contributed by atoms with Gasteiger partial charge in [0.1, 0.15) is 5.82 Å². The average Bonchev–Trinajstić information content (AvgIpc) is 2.39. The maximum atomic E-state index is 12.7. The third-order valence-corrected chi connectivity index (χ3v) is 2.39. The predicted molar refractivity (Wildman–Crippen MR) is 65.7 cm³/mol. The van der Waals surface area contributed by atoms with Gasteiger partial charge in [-0.1, -0.05) is 30.3 Å². The predicted octanol–water partition coefficient (Wildman–Crippen LogP) is 0.124. The maximum absolute atomic E-state index is 12.7. The molecular formula is C14H12BrFNO-. The summed E-state index contributed by atoms with van der Waals surface area (Å²) in [7, 11) is 0. The molecule has 94 valence electrons. The monoisotopic (exact) mass is 308 g/mol. The Balaban J connectivity index is 0.00000162. The van der Waals surface area contributed by atoms with Gasteiger partial charge in [0, 0.05) is 11.3 Å². The molecule has 0 aliphatic heterocycles. The summed E-state index contributed by atoms with van der Waals surface area (Å²) >= 11 is 0. The van der Waals surface area contributed by atoms with Crippen molar-refractivity contribution < 1.29 is 26.2 Å². The van der Waals surface area contributed by atoms with Crippen molar-refractivity contribution >= 4 is 11.5 Å². The van der Waals surface area contributed by atoms with Gasteiger partial charge >= 0.3 is 0 Å². The molecule has 2 aromatic carbocycles. The Labute approximate surface area is 116 Å². The smallest absolute Gasteiger partial charge is 0.181 e. The number of anilines is 1. The molecule has 18 heavy (non-hydrogen) atoms. The first-order valence-electron chi connectivity index (χ1n) is 5.33. The summed E-state index contributed by atoms with van der Waals surface area (Å²) in [5.74, 6) is -0.278. The van der Waals surface area contributed by atoms with Gasteiger partial charge in [0.25, 0.3) is 0 Å². The molecular weight excluding hydrogens is 297 g/mol. The number of hydrogen-bond acceptors (Lipinski definition) is 2. The molecule has 0 aliphatic rings. The molecule has 2 aromatic rings. The molecule has 0 aromatic heterocycles. The lowest BCUT2D eigenvalue weighted by atomic mass is 10.1. The number of nitrogens with one attached hydrogen (secondary N) is 1. The van der Waals surface area contributed by atoms with Crippen molar-refractivity contribution in [3.63, 3.8) is 0 Å². The second kappa shape index (κ2) is 6.91. The lowest BCUT2D eigenvalue weighted by Crippen LogP contribution is -3.00. The van der Waals surface area contributed by atoms with Crippen LogP contribution in [-0.2, 0) is 0 Å². The lowest BCUT2D eigenvalue weighted by molar-refractivity contribution is -0.0000117. The van der Waals surface area contributed by atoms with Crippen LogP contribution in [0, 0.1) is 5.82 Å². The zero-order valence-corrected chi connectivity index (χ0v) is 11.2. The van der Waals surface area contributed by atoms with Gasteiger partial charge in [0.15, 0.2) is 5.78 Å². The highest BCUT2D eigenvalue weighted by atomic mass is 79.9. The molecule has 0 fully saturated rings. The van der Waals surface area contributed by atoms with Crippen LogP contribution in [0.1, 0.15) is 10.4 Å². The Morgan fingerprint density at radius 1 is 1.00 bits per heavy atom. The highest BCUT2D eigenvalue weighted by Gasteiger charge is 2.04. The van der Waals surface area contributed by atoms with Crippen LogP contribution in [0.15, 0.2) is 54.6 Å². The van der Waals surface area contributed by atoms with Crippen molar-refractivity contribution in [1.29, 1.82) is 0 Å². The number of Topliss-reactive ketones (excluding diaryl/α,β-unsaturated/α-hetero) is 1. The van der Waals surface area contributed by atoms with Crippen LogP contribution in [0.5, 0.6) is 0 Å². The van der Waals surface area contributed by atoms with E-state index in [0.717, 1.165) is 5.69 Å². The number of hydrogen-bond donors (Lipinski definition) is 1. The average molecular weight is 309 g/mol. The van der Waals surface area contributed by atoms with Crippen LogP contribution in [0.25, 0.3) is 0 Å². The van der Waals surface area contributed by atoms with E-state index in [1.807, 2.05) is 18.2 Å². The third kappa shape index (κ3) is 3.96. The Hall–Kier alpha value is -1.68. The molecule has 0 saturated heterocycles. The van der Waals surface area contributed by atoms with Gasteiger partial charge in [-0.15, -0.1) is 0 Å². The molecule has 0 aliphatic carbocycles. The highest BCUT2D eigenvalue weighted by Crippen LogP contribution is 2.08. The quantitative estimate of drug-likeness (QED) is 0.813. The molecule has 0 heterocycles. The molecule has 0 spiro atoms. The maximum Gasteiger partial charge on any atom is 0.181 e. The summed E-state index contributed by atoms with van der Waals surface area (Å²) in [5, 5.41) is 2.95. The summed E-state index contributed by atoms with van der Waals surface area (Å²) in [5.41, 5.74) is 1.40. The summed E-state index contributed by atoms with van der Waals surface area (Å²) in [6.07, 6.45) is 0. The van der Waals surface area contributed by atoms with Crippen LogP contribution >= 0.6 is 0 Å². The lowest BCUT2D eigenvalue weighted by Gasteiger charge is -2.05. The van der Waals surface area contributed by atoms with Gasteiger partial charge in [-0.25, -0.2) is 4.39 Å². The second-order valence-electron chi connectivity index (χ2n) is 3.65. The summed E-state index contributed by atoms with van der Waals surface area (Å²) in [6.45, 7) is 0.204. The fraction of sp³-hybridized carbons (Fsp3) is 0.0714. The zero-order chi connectivity index (χ0) is 12.1. The molecule has 0 unspecified atom stereocenters. The van der Waals surface area contributed by atoms with Crippen LogP contribution in [0.4, 0.5) is 10.1 Å². The van der Waals surface area contributed by atoms with E-state index >= 15 is 0 Å². The molecule has 0 radical (unpaired) electrons. The molecule has 0 atom stereocenters. The van der Waals surface area contributed by atoms with Crippen molar-refractivity contribution in [2.75, 3.05) is 11.9 Å². The molecule has 0 bridgehead atoms. The van der Waals surface area contributed by atoms with E-state index in [1.54, 1.807) is 24.3 Å². The molecule has 1 N–H and O–H groups in total. The molecule has 4 heteroatoms. The van der Waals surface area contributed by atoms with Crippen molar-refractivity contribution in [2.45, 2.75) is 0 Å². The minimum Gasteiger partial charge on any atom is -1.00 e. The van der Waals surface area contributed by atoms with E-state index in [0.29, 0.717) is 5.56 Å². The van der Waals surface area contributed by atoms with Crippen LogP contribution in [0.2, 0.25) is 0 Å². The number of rotatable bonds is 4. The Kier molecular flexibility index (Phi) is 5.52. The first-order valence-corrected chi connectivity index (χ1v) is 5.33. The van der Waals surface area contributed by atoms with Gasteiger partial charge in [-0.3, -0.25) is 4.79 Å². The number of carbonyl (C=O) groups is 1. The molecule has 2 nitrogen and oxygen atoms in total. The molecule has 0 amide bonds. The first-order chi connectivity index (χ1) is 8.25.